The molecule has 1 aromatic carbocycles. The molecule has 80 valence electrons. The van der Waals surface area contributed by atoms with Crippen molar-refractivity contribution in [3.05, 3.63) is 29.8 Å². The summed E-state index contributed by atoms with van der Waals surface area (Å²) in [6.45, 7) is 3.46. The third-order valence-electron chi connectivity index (χ3n) is 2.20. The fourth-order valence-corrected chi connectivity index (χ4v) is 1.83. The Bertz CT molecular complexity index is 351. The van der Waals surface area contributed by atoms with Gasteiger partial charge < -0.3 is 0 Å². The van der Waals surface area contributed by atoms with E-state index in [-0.39, 0.29) is 6.67 Å². The van der Waals surface area contributed by atoms with Gasteiger partial charge in [0, 0.05) is 10.6 Å². The molecule has 0 N–H and O–H groups in total. The monoisotopic (exact) mass is 223 g/mol. The fraction of sp³-hybridized carbons (Fsp3) is 0.417. The predicted molar refractivity (Wildman–Crippen MR) is 61.8 cm³/mol. The van der Waals surface area contributed by atoms with Gasteiger partial charge in [-0.25, -0.2) is 0 Å². The maximum absolute atomic E-state index is 11.9. The summed E-state index contributed by atoms with van der Waals surface area (Å²) < 4.78 is 11.9. The van der Waals surface area contributed by atoms with Crippen LogP contribution in [0.2, 0.25) is 0 Å². The molecule has 0 bridgehead atoms. The average Bonchev–Trinajstić information content (AvgIpc) is 2.27. The van der Waals surface area contributed by atoms with Gasteiger partial charge in [-0.2, -0.15) is 5.26 Å². The van der Waals surface area contributed by atoms with Crippen molar-refractivity contribution in [1.29, 1.82) is 5.26 Å². The molecule has 1 aromatic rings. The smallest absolute Gasteiger partial charge is 0.0988 e. The van der Waals surface area contributed by atoms with Crippen LogP contribution in [0, 0.1) is 11.3 Å². The number of hydrogen-bond acceptors (Lipinski definition) is 2. The van der Waals surface area contributed by atoms with Crippen LogP contribution in [0.15, 0.2) is 29.2 Å². The van der Waals surface area contributed by atoms with E-state index in [0.29, 0.717) is 5.75 Å². The summed E-state index contributed by atoms with van der Waals surface area (Å²) in [4.78, 5) is 1.05. The van der Waals surface area contributed by atoms with Gasteiger partial charge >= 0.3 is 0 Å². The lowest BCUT2D eigenvalue weighted by molar-refractivity contribution is 0.533. The summed E-state index contributed by atoms with van der Waals surface area (Å²) in [5, 5.41) is 8.95. The third-order valence-corrected chi connectivity index (χ3v) is 3.17. The summed E-state index contributed by atoms with van der Waals surface area (Å²) in [6, 6.07) is 10.0. The first-order valence-electron chi connectivity index (χ1n) is 4.81. The second-order valence-electron chi connectivity index (χ2n) is 3.80. The van der Waals surface area contributed by atoms with Gasteiger partial charge in [-0.1, -0.05) is 12.1 Å². The summed E-state index contributed by atoms with van der Waals surface area (Å²) in [5.41, 5.74) is 0.540. The summed E-state index contributed by atoms with van der Waals surface area (Å²) >= 11 is 1.49. The van der Waals surface area contributed by atoms with Gasteiger partial charge in [0.1, 0.15) is 0 Å². The second-order valence-corrected chi connectivity index (χ2v) is 4.97. The van der Waals surface area contributed by atoms with Gasteiger partial charge in [0.2, 0.25) is 0 Å². The molecule has 0 saturated heterocycles. The third kappa shape index (κ3) is 3.24. The Hall–Kier alpha value is -1.01. The molecule has 0 radical (unpaired) electrons. The zero-order chi connectivity index (χ0) is 11.3. The maximum Gasteiger partial charge on any atom is 0.0988 e. The number of alkyl halides is 1. The molecule has 0 spiro atoms. The minimum Gasteiger partial charge on any atom is -0.250 e. The molecule has 3 heteroatoms. The molecular formula is C12H14FNS. The van der Waals surface area contributed by atoms with Gasteiger partial charge in [-0.05, 0) is 31.5 Å². The van der Waals surface area contributed by atoms with Crippen molar-refractivity contribution in [2.45, 2.75) is 24.2 Å². The zero-order valence-electron chi connectivity index (χ0n) is 8.96. The molecule has 1 rings (SSSR count). The highest BCUT2D eigenvalue weighted by molar-refractivity contribution is 7.99. The molecule has 0 aliphatic rings. The molecule has 0 aliphatic carbocycles. The zero-order valence-corrected chi connectivity index (χ0v) is 9.77. The number of nitriles is 1. The van der Waals surface area contributed by atoms with Gasteiger partial charge in [0.05, 0.1) is 18.2 Å². The normalized spacial score (nSPS) is 11.1. The lowest BCUT2D eigenvalue weighted by Crippen LogP contribution is -2.13. The van der Waals surface area contributed by atoms with E-state index in [9.17, 15) is 4.39 Å². The maximum atomic E-state index is 11.9. The number of rotatable bonds is 4. The van der Waals surface area contributed by atoms with Crippen LogP contribution in [0.5, 0.6) is 0 Å². The molecule has 0 heterocycles. The Morgan fingerprint density at radius 2 is 1.93 bits per heavy atom. The fourth-order valence-electron chi connectivity index (χ4n) is 1.19. The topological polar surface area (TPSA) is 23.8 Å². The Labute approximate surface area is 94.3 Å². The van der Waals surface area contributed by atoms with E-state index in [1.807, 2.05) is 38.1 Å². The van der Waals surface area contributed by atoms with Crippen molar-refractivity contribution >= 4 is 11.8 Å². The van der Waals surface area contributed by atoms with Crippen molar-refractivity contribution in [1.82, 2.24) is 0 Å². The van der Waals surface area contributed by atoms with Crippen LogP contribution in [-0.2, 0) is 5.41 Å². The molecule has 0 fully saturated rings. The minimum atomic E-state index is -0.455. The first-order chi connectivity index (χ1) is 7.10. The highest BCUT2D eigenvalue weighted by Crippen LogP contribution is 2.25. The van der Waals surface area contributed by atoms with Crippen molar-refractivity contribution in [3.63, 3.8) is 0 Å². The minimum absolute atomic E-state index is 0.309. The molecule has 0 amide bonds. The van der Waals surface area contributed by atoms with Gasteiger partial charge in [0.15, 0.2) is 0 Å². The molecule has 0 saturated carbocycles. The summed E-state index contributed by atoms with van der Waals surface area (Å²) in [7, 11) is 0. The van der Waals surface area contributed by atoms with E-state index in [0.717, 1.165) is 10.5 Å². The number of nitrogens with zero attached hydrogens (tertiary/aromatic N) is 1. The van der Waals surface area contributed by atoms with Crippen LogP contribution >= 0.6 is 11.8 Å². The van der Waals surface area contributed by atoms with Crippen LogP contribution in [0.3, 0.4) is 0 Å². The van der Waals surface area contributed by atoms with Gasteiger partial charge in [-0.3, -0.25) is 4.39 Å². The molecule has 15 heavy (non-hydrogen) atoms. The van der Waals surface area contributed by atoms with Crippen LogP contribution in [0.25, 0.3) is 0 Å². The van der Waals surface area contributed by atoms with Crippen LogP contribution < -0.4 is 0 Å². The van der Waals surface area contributed by atoms with Crippen molar-refractivity contribution < 1.29 is 4.39 Å². The Morgan fingerprint density at radius 1 is 1.33 bits per heavy atom. The standard InChI is InChI=1S/C12H14FNS/c1-12(2,9-14)10-3-5-11(6-4-10)15-8-7-13/h3-6H,7-8H2,1-2H3. The van der Waals surface area contributed by atoms with Crippen molar-refractivity contribution in [3.8, 4) is 6.07 Å². The van der Waals surface area contributed by atoms with E-state index < -0.39 is 5.41 Å². The summed E-state index contributed by atoms with van der Waals surface area (Å²) in [6.07, 6.45) is 0. The Balaban J connectivity index is 2.77. The quantitative estimate of drug-likeness (QED) is 0.729. The van der Waals surface area contributed by atoms with E-state index in [4.69, 9.17) is 5.26 Å². The van der Waals surface area contributed by atoms with E-state index in [1.54, 1.807) is 0 Å². The van der Waals surface area contributed by atoms with Crippen LogP contribution in [-0.4, -0.2) is 12.4 Å². The lowest BCUT2D eigenvalue weighted by Gasteiger charge is -2.15. The van der Waals surface area contributed by atoms with Crippen molar-refractivity contribution in [2.24, 2.45) is 0 Å². The second kappa shape index (κ2) is 5.18. The van der Waals surface area contributed by atoms with E-state index in [1.165, 1.54) is 11.8 Å². The van der Waals surface area contributed by atoms with Crippen LogP contribution in [0.4, 0.5) is 4.39 Å². The summed E-state index contributed by atoms with van der Waals surface area (Å²) in [5.74, 6) is 0.487. The van der Waals surface area contributed by atoms with E-state index >= 15 is 0 Å². The number of thioether (sulfide) groups is 1. The van der Waals surface area contributed by atoms with E-state index in [2.05, 4.69) is 6.07 Å². The Morgan fingerprint density at radius 3 is 2.40 bits per heavy atom. The first-order valence-corrected chi connectivity index (χ1v) is 5.79. The number of hydrogen-bond donors (Lipinski definition) is 0. The molecule has 0 aliphatic heterocycles. The van der Waals surface area contributed by atoms with Crippen LogP contribution in [0.1, 0.15) is 19.4 Å². The average molecular weight is 223 g/mol. The highest BCUT2D eigenvalue weighted by Gasteiger charge is 2.18. The molecule has 1 nitrogen and oxygen atoms in total. The van der Waals surface area contributed by atoms with Gasteiger partial charge in [0.25, 0.3) is 0 Å². The highest BCUT2D eigenvalue weighted by atomic mass is 32.2. The Kier molecular flexibility index (Phi) is 4.16. The number of benzene rings is 1. The molecular weight excluding hydrogens is 209 g/mol. The van der Waals surface area contributed by atoms with Crippen molar-refractivity contribution in [2.75, 3.05) is 12.4 Å². The molecule has 0 atom stereocenters. The number of halogens is 1. The largest absolute Gasteiger partial charge is 0.250 e. The lowest BCUT2D eigenvalue weighted by atomic mass is 9.87. The first kappa shape index (κ1) is 12.1. The predicted octanol–water partition coefficient (Wildman–Crippen LogP) is 3.55. The molecule has 0 unspecified atom stereocenters. The SMILES string of the molecule is CC(C)(C#N)c1ccc(SCCF)cc1. The van der Waals surface area contributed by atoms with Gasteiger partial charge in [-0.15, -0.1) is 11.8 Å². The molecule has 0 aromatic heterocycles.